The van der Waals surface area contributed by atoms with Crippen molar-refractivity contribution in [3.05, 3.63) is 53.1 Å². The number of benzene rings is 1. The molecule has 1 aromatic carbocycles. The van der Waals surface area contributed by atoms with Gasteiger partial charge in [-0.05, 0) is 30.2 Å². The number of halogens is 1. The molecule has 4 heteroatoms. The Morgan fingerprint density at radius 1 is 1.38 bits per heavy atom. The van der Waals surface area contributed by atoms with Gasteiger partial charge in [0.05, 0.1) is 5.69 Å². The number of nitrogens with zero attached hydrogens (tertiary/aromatic N) is 2. The molecule has 3 nitrogen and oxygen atoms in total. The van der Waals surface area contributed by atoms with E-state index in [1.165, 1.54) is 6.07 Å². The van der Waals surface area contributed by atoms with E-state index in [9.17, 15) is 9.50 Å². The van der Waals surface area contributed by atoms with Crippen molar-refractivity contribution in [2.45, 2.75) is 13.0 Å². The third-order valence-corrected chi connectivity index (χ3v) is 2.64. The molecule has 2 aromatic rings. The number of hydrogen-bond donors (Lipinski definition) is 1. The van der Waals surface area contributed by atoms with Gasteiger partial charge in [-0.1, -0.05) is 12.1 Å². The van der Waals surface area contributed by atoms with E-state index in [0.29, 0.717) is 16.8 Å². The molecule has 1 atom stereocenters. The Hall–Kier alpha value is -1.68. The number of aryl methyl sites for hydroxylation is 2. The Balaban J connectivity index is 2.38. The maximum absolute atomic E-state index is 13.1. The standard InChI is InChI=1S/C12H13FN2O/c1-8-7-9(3-4-10(8)13)12(16)11-5-6-14-15(11)2/h3-7,12,16H,1-2H3. The predicted octanol–water partition coefficient (Wildman–Crippen LogP) is 1.95. The molecule has 0 saturated carbocycles. The number of rotatable bonds is 2. The first-order valence-electron chi connectivity index (χ1n) is 5.01. The van der Waals surface area contributed by atoms with Crippen LogP contribution in [0.5, 0.6) is 0 Å². The maximum Gasteiger partial charge on any atom is 0.126 e. The van der Waals surface area contributed by atoms with Gasteiger partial charge >= 0.3 is 0 Å². The summed E-state index contributed by atoms with van der Waals surface area (Å²) < 4.78 is 14.7. The van der Waals surface area contributed by atoms with Gasteiger partial charge in [-0.25, -0.2) is 4.39 Å². The van der Waals surface area contributed by atoms with Crippen molar-refractivity contribution in [1.29, 1.82) is 0 Å². The minimum Gasteiger partial charge on any atom is -0.382 e. The molecule has 1 heterocycles. The fourth-order valence-corrected chi connectivity index (χ4v) is 1.66. The average Bonchev–Trinajstić information content (AvgIpc) is 2.67. The minimum absolute atomic E-state index is 0.263. The fourth-order valence-electron chi connectivity index (χ4n) is 1.66. The van der Waals surface area contributed by atoms with Crippen LogP contribution in [0.1, 0.15) is 22.9 Å². The van der Waals surface area contributed by atoms with Gasteiger partial charge in [0, 0.05) is 13.2 Å². The topological polar surface area (TPSA) is 38.1 Å². The highest BCUT2D eigenvalue weighted by atomic mass is 19.1. The lowest BCUT2D eigenvalue weighted by Gasteiger charge is -2.12. The second kappa shape index (κ2) is 4.06. The summed E-state index contributed by atoms with van der Waals surface area (Å²) in [6.07, 6.45) is 0.848. The average molecular weight is 220 g/mol. The van der Waals surface area contributed by atoms with Crippen molar-refractivity contribution in [3.8, 4) is 0 Å². The third-order valence-electron chi connectivity index (χ3n) is 2.64. The largest absolute Gasteiger partial charge is 0.382 e. The van der Waals surface area contributed by atoms with Crippen molar-refractivity contribution in [2.24, 2.45) is 7.05 Å². The Kier molecular flexibility index (Phi) is 2.75. The number of aromatic nitrogens is 2. The van der Waals surface area contributed by atoms with Crippen molar-refractivity contribution >= 4 is 0 Å². The van der Waals surface area contributed by atoms with Crippen LogP contribution in [0.2, 0.25) is 0 Å². The van der Waals surface area contributed by atoms with Crippen LogP contribution >= 0.6 is 0 Å². The Morgan fingerprint density at radius 2 is 2.12 bits per heavy atom. The van der Waals surface area contributed by atoms with E-state index < -0.39 is 6.10 Å². The zero-order valence-electron chi connectivity index (χ0n) is 9.18. The minimum atomic E-state index is -0.771. The van der Waals surface area contributed by atoms with Crippen LogP contribution in [0.4, 0.5) is 4.39 Å². The molecule has 2 rings (SSSR count). The van der Waals surface area contributed by atoms with E-state index in [0.717, 1.165) is 0 Å². The van der Waals surface area contributed by atoms with Gasteiger partial charge in [-0.2, -0.15) is 5.10 Å². The summed E-state index contributed by atoms with van der Waals surface area (Å²) in [5, 5.41) is 14.1. The second-order valence-corrected chi connectivity index (χ2v) is 3.79. The molecule has 0 aliphatic carbocycles. The van der Waals surface area contributed by atoms with E-state index in [-0.39, 0.29) is 5.82 Å². The lowest BCUT2D eigenvalue weighted by Crippen LogP contribution is -2.07. The summed E-state index contributed by atoms with van der Waals surface area (Å²) in [6.45, 7) is 1.68. The fraction of sp³-hybridized carbons (Fsp3) is 0.250. The highest BCUT2D eigenvalue weighted by molar-refractivity contribution is 5.30. The number of aliphatic hydroxyl groups is 1. The van der Waals surface area contributed by atoms with Gasteiger partial charge in [0.2, 0.25) is 0 Å². The first-order chi connectivity index (χ1) is 7.59. The maximum atomic E-state index is 13.1. The van der Waals surface area contributed by atoms with E-state index in [4.69, 9.17) is 0 Å². The zero-order chi connectivity index (χ0) is 11.7. The zero-order valence-corrected chi connectivity index (χ0v) is 9.18. The molecule has 0 aliphatic rings. The summed E-state index contributed by atoms with van der Waals surface area (Å²) in [5.74, 6) is -0.263. The SMILES string of the molecule is Cc1cc(C(O)c2ccnn2C)ccc1F. The van der Waals surface area contributed by atoms with Crippen molar-refractivity contribution in [1.82, 2.24) is 9.78 Å². The molecule has 1 N–H and O–H groups in total. The molecule has 1 unspecified atom stereocenters. The summed E-state index contributed by atoms with van der Waals surface area (Å²) >= 11 is 0. The van der Waals surface area contributed by atoms with Gasteiger partial charge in [0.15, 0.2) is 0 Å². The van der Waals surface area contributed by atoms with Gasteiger partial charge in [0.1, 0.15) is 11.9 Å². The predicted molar refractivity (Wildman–Crippen MR) is 58.4 cm³/mol. The smallest absolute Gasteiger partial charge is 0.126 e. The summed E-state index contributed by atoms with van der Waals surface area (Å²) in [5.41, 5.74) is 1.88. The molecule has 0 amide bonds. The van der Waals surface area contributed by atoms with Crippen LogP contribution < -0.4 is 0 Å². The van der Waals surface area contributed by atoms with E-state index >= 15 is 0 Å². The van der Waals surface area contributed by atoms with Crippen molar-refractivity contribution in [2.75, 3.05) is 0 Å². The van der Waals surface area contributed by atoms with Gasteiger partial charge in [-0.3, -0.25) is 4.68 Å². The Bertz CT molecular complexity index is 507. The summed E-state index contributed by atoms with van der Waals surface area (Å²) in [6, 6.07) is 6.33. The van der Waals surface area contributed by atoms with Gasteiger partial charge in [-0.15, -0.1) is 0 Å². The van der Waals surface area contributed by atoms with Crippen LogP contribution in [-0.2, 0) is 7.05 Å². The molecule has 0 bridgehead atoms. The lowest BCUT2D eigenvalue weighted by atomic mass is 10.0. The molecule has 0 aliphatic heterocycles. The molecule has 0 saturated heterocycles. The Morgan fingerprint density at radius 3 is 2.69 bits per heavy atom. The summed E-state index contributed by atoms with van der Waals surface area (Å²) in [7, 11) is 1.76. The van der Waals surface area contributed by atoms with E-state index in [1.54, 1.807) is 43.0 Å². The van der Waals surface area contributed by atoms with Crippen LogP contribution in [-0.4, -0.2) is 14.9 Å². The first-order valence-corrected chi connectivity index (χ1v) is 5.01. The molecule has 0 fully saturated rings. The van der Waals surface area contributed by atoms with E-state index in [1.807, 2.05) is 0 Å². The lowest BCUT2D eigenvalue weighted by molar-refractivity contribution is 0.209. The molecule has 0 radical (unpaired) electrons. The first kappa shape index (κ1) is 10.8. The molecule has 1 aromatic heterocycles. The number of hydrogen-bond acceptors (Lipinski definition) is 2. The molecule has 16 heavy (non-hydrogen) atoms. The van der Waals surface area contributed by atoms with Crippen molar-refractivity contribution < 1.29 is 9.50 Å². The van der Waals surface area contributed by atoms with E-state index in [2.05, 4.69) is 5.10 Å². The van der Waals surface area contributed by atoms with Gasteiger partial charge < -0.3 is 5.11 Å². The molecular weight excluding hydrogens is 207 g/mol. The Labute approximate surface area is 93.2 Å². The monoisotopic (exact) mass is 220 g/mol. The van der Waals surface area contributed by atoms with Crippen LogP contribution in [0.3, 0.4) is 0 Å². The van der Waals surface area contributed by atoms with Crippen LogP contribution in [0, 0.1) is 12.7 Å². The van der Waals surface area contributed by atoms with Crippen molar-refractivity contribution in [3.63, 3.8) is 0 Å². The van der Waals surface area contributed by atoms with Crippen LogP contribution in [0.25, 0.3) is 0 Å². The second-order valence-electron chi connectivity index (χ2n) is 3.79. The van der Waals surface area contributed by atoms with Crippen LogP contribution in [0.15, 0.2) is 30.5 Å². The van der Waals surface area contributed by atoms with Gasteiger partial charge in [0.25, 0.3) is 0 Å². The summed E-state index contributed by atoms with van der Waals surface area (Å²) in [4.78, 5) is 0. The molecule has 84 valence electrons. The quantitative estimate of drug-likeness (QED) is 0.840. The highest BCUT2D eigenvalue weighted by Crippen LogP contribution is 2.22. The molecule has 0 spiro atoms. The number of aliphatic hydroxyl groups excluding tert-OH is 1. The third kappa shape index (κ3) is 1.84. The normalized spacial score (nSPS) is 12.8. The highest BCUT2D eigenvalue weighted by Gasteiger charge is 2.14. The molecular formula is C12H13FN2O.